The number of hydrogen-bond donors (Lipinski definition) is 0. The fourth-order valence-corrected chi connectivity index (χ4v) is 1.52. The van der Waals surface area contributed by atoms with Crippen molar-refractivity contribution >= 4 is 0 Å². The quantitative estimate of drug-likeness (QED) is 0.655. The highest BCUT2D eigenvalue weighted by Crippen LogP contribution is 2.27. The van der Waals surface area contributed by atoms with E-state index in [0.717, 1.165) is 38.9 Å². The molecule has 1 heterocycles. The summed E-state index contributed by atoms with van der Waals surface area (Å²) in [6.07, 6.45) is 4.18. The smallest absolute Gasteiger partial charge is 0.168 e. The maximum Gasteiger partial charge on any atom is 0.168 e. The van der Waals surface area contributed by atoms with Crippen molar-refractivity contribution in [1.82, 2.24) is 0 Å². The van der Waals surface area contributed by atoms with Crippen molar-refractivity contribution in [3.63, 3.8) is 0 Å². The van der Waals surface area contributed by atoms with Crippen LogP contribution in [0.2, 0.25) is 0 Å². The first-order valence-corrected chi connectivity index (χ1v) is 4.61. The molecule has 2 nitrogen and oxygen atoms in total. The third-order valence-corrected chi connectivity index (χ3v) is 2.19. The lowest BCUT2D eigenvalue weighted by atomic mass is 10.1. The van der Waals surface area contributed by atoms with Crippen LogP contribution in [-0.2, 0) is 9.47 Å². The molecule has 0 aliphatic carbocycles. The first kappa shape index (κ1) is 11.9. The van der Waals surface area contributed by atoms with Crippen LogP contribution in [0.3, 0.4) is 0 Å². The van der Waals surface area contributed by atoms with Gasteiger partial charge in [0.2, 0.25) is 0 Å². The van der Waals surface area contributed by atoms with Gasteiger partial charge >= 0.3 is 0 Å². The second-order valence-electron chi connectivity index (χ2n) is 3.06. The molecule has 0 spiro atoms. The molecule has 1 aliphatic rings. The molecule has 0 N–H and O–H groups in total. The molecular weight excluding hydrogens is 152 g/mol. The maximum atomic E-state index is 5.63. The Kier molecular flexibility index (Phi) is 5.51. The second-order valence-corrected chi connectivity index (χ2v) is 3.06. The van der Waals surface area contributed by atoms with Gasteiger partial charge in [-0.15, -0.1) is 0 Å². The largest absolute Gasteiger partial charge is 0.350 e. The van der Waals surface area contributed by atoms with Crippen LogP contribution in [0.15, 0.2) is 0 Å². The van der Waals surface area contributed by atoms with Crippen LogP contribution in [0.25, 0.3) is 0 Å². The van der Waals surface area contributed by atoms with E-state index >= 15 is 0 Å². The average Bonchev–Trinajstić information content (AvgIpc) is 2.07. The highest BCUT2D eigenvalue weighted by atomic mass is 16.7. The third kappa shape index (κ3) is 2.76. The van der Waals surface area contributed by atoms with Gasteiger partial charge < -0.3 is 9.47 Å². The molecule has 0 unspecified atom stereocenters. The molecule has 1 fully saturated rings. The van der Waals surface area contributed by atoms with Gasteiger partial charge in [-0.25, -0.2) is 0 Å². The molecule has 1 saturated heterocycles. The van der Waals surface area contributed by atoms with Crippen LogP contribution in [0.5, 0.6) is 0 Å². The first-order chi connectivity index (χ1) is 5.33. The molecule has 2 heteroatoms. The van der Waals surface area contributed by atoms with Crippen LogP contribution in [-0.4, -0.2) is 19.0 Å². The van der Waals surface area contributed by atoms with Crippen molar-refractivity contribution in [2.45, 2.75) is 52.7 Å². The monoisotopic (exact) mass is 174 g/mol. The molecule has 0 radical (unpaired) electrons. The standard InChI is InChI=1S/C9H18O2.CH4/c1-3-6-9(4-2)10-7-5-8-11-9;/h3-8H2,1-2H3;1H4. The summed E-state index contributed by atoms with van der Waals surface area (Å²) in [7, 11) is 0. The SMILES string of the molecule is C.CCCC1(CC)OCCCO1. The predicted molar refractivity (Wildman–Crippen MR) is 51.2 cm³/mol. The second kappa shape index (κ2) is 5.55. The molecular formula is C10H22O2. The van der Waals surface area contributed by atoms with Gasteiger partial charge in [-0.05, 0) is 12.8 Å². The summed E-state index contributed by atoms with van der Waals surface area (Å²) < 4.78 is 11.3. The Morgan fingerprint density at radius 2 is 1.75 bits per heavy atom. The molecule has 1 aliphatic heterocycles. The van der Waals surface area contributed by atoms with Gasteiger partial charge in [-0.1, -0.05) is 27.7 Å². The fraction of sp³-hybridized carbons (Fsp3) is 1.00. The maximum absolute atomic E-state index is 5.63. The van der Waals surface area contributed by atoms with Crippen molar-refractivity contribution in [1.29, 1.82) is 0 Å². The Labute approximate surface area is 76.3 Å². The fourth-order valence-electron chi connectivity index (χ4n) is 1.52. The van der Waals surface area contributed by atoms with E-state index in [-0.39, 0.29) is 13.2 Å². The Hall–Kier alpha value is -0.0800. The topological polar surface area (TPSA) is 18.5 Å². The van der Waals surface area contributed by atoms with E-state index < -0.39 is 0 Å². The van der Waals surface area contributed by atoms with Crippen LogP contribution >= 0.6 is 0 Å². The third-order valence-electron chi connectivity index (χ3n) is 2.19. The van der Waals surface area contributed by atoms with Crippen molar-refractivity contribution in [3.05, 3.63) is 0 Å². The Balaban J connectivity index is 0.00000121. The van der Waals surface area contributed by atoms with E-state index in [9.17, 15) is 0 Å². The van der Waals surface area contributed by atoms with Gasteiger partial charge in [-0.3, -0.25) is 0 Å². The first-order valence-electron chi connectivity index (χ1n) is 4.61. The zero-order valence-corrected chi connectivity index (χ0v) is 7.56. The Morgan fingerprint density at radius 3 is 2.17 bits per heavy atom. The van der Waals surface area contributed by atoms with Gasteiger partial charge in [-0.2, -0.15) is 0 Å². The summed E-state index contributed by atoms with van der Waals surface area (Å²) in [6.45, 7) is 6.03. The zero-order valence-electron chi connectivity index (χ0n) is 7.56. The number of ether oxygens (including phenoxy) is 2. The van der Waals surface area contributed by atoms with Crippen LogP contribution in [0.4, 0.5) is 0 Å². The molecule has 1 rings (SSSR count). The van der Waals surface area contributed by atoms with E-state index in [4.69, 9.17) is 9.47 Å². The van der Waals surface area contributed by atoms with Crippen molar-refractivity contribution in [2.75, 3.05) is 13.2 Å². The van der Waals surface area contributed by atoms with Crippen molar-refractivity contribution < 1.29 is 9.47 Å². The zero-order chi connectivity index (χ0) is 8.16. The van der Waals surface area contributed by atoms with Gasteiger partial charge in [0.15, 0.2) is 5.79 Å². The van der Waals surface area contributed by atoms with Crippen LogP contribution < -0.4 is 0 Å². The molecule has 0 aromatic heterocycles. The summed E-state index contributed by atoms with van der Waals surface area (Å²) in [5.41, 5.74) is 0. The molecule has 0 atom stereocenters. The number of rotatable bonds is 3. The Bertz CT molecular complexity index is 101. The van der Waals surface area contributed by atoms with Gasteiger partial charge in [0.1, 0.15) is 0 Å². The van der Waals surface area contributed by atoms with E-state index in [1.54, 1.807) is 0 Å². The minimum Gasteiger partial charge on any atom is -0.350 e. The summed E-state index contributed by atoms with van der Waals surface area (Å²) in [6, 6.07) is 0. The van der Waals surface area contributed by atoms with E-state index in [2.05, 4.69) is 13.8 Å². The molecule has 12 heavy (non-hydrogen) atoms. The highest BCUT2D eigenvalue weighted by molar-refractivity contribution is 4.70. The minimum atomic E-state index is -0.229. The minimum absolute atomic E-state index is 0. The van der Waals surface area contributed by atoms with Crippen LogP contribution in [0, 0.1) is 0 Å². The lowest BCUT2D eigenvalue weighted by molar-refractivity contribution is -0.271. The average molecular weight is 174 g/mol. The summed E-state index contributed by atoms with van der Waals surface area (Å²) in [4.78, 5) is 0. The number of hydrogen-bond acceptors (Lipinski definition) is 2. The van der Waals surface area contributed by atoms with Crippen LogP contribution in [0.1, 0.15) is 47.0 Å². The van der Waals surface area contributed by atoms with Gasteiger partial charge in [0, 0.05) is 6.42 Å². The molecule has 0 aromatic rings. The summed E-state index contributed by atoms with van der Waals surface area (Å²) in [5, 5.41) is 0. The molecule has 0 bridgehead atoms. The summed E-state index contributed by atoms with van der Waals surface area (Å²) in [5.74, 6) is -0.229. The molecule has 0 saturated carbocycles. The van der Waals surface area contributed by atoms with Crippen molar-refractivity contribution in [3.8, 4) is 0 Å². The van der Waals surface area contributed by atoms with Gasteiger partial charge in [0.05, 0.1) is 13.2 Å². The highest BCUT2D eigenvalue weighted by Gasteiger charge is 2.31. The van der Waals surface area contributed by atoms with Crippen molar-refractivity contribution in [2.24, 2.45) is 0 Å². The lowest BCUT2D eigenvalue weighted by Gasteiger charge is -2.36. The van der Waals surface area contributed by atoms with Gasteiger partial charge in [0.25, 0.3) is 0 Å². The summed E-state index contributed by atoms with van der Waals surface area (Å²) >= 11 is 0. The van der Waals surface area contributed by atoms with E-state index in [1.807, 2.05) is 0 Å². The molecule has 74 valence electrons. The van der Waals surface area contributed by atoms with E-state index in [0.29, 0.717) is 0 Å². The van der Waals surface area contributed by atoms with E-state index in [1.165, 1.54) is 0 Å². The normalized spacial score (nSPS) is 21.5. The molecule has 0 amide bonds. The lowest BCUT2D eigenvalue weighted by Crippen LogP contribution is -2.39. The molecule has 0 aromatic carbocycles. The predicted octanol–water partition coefficient (Wildman–Crippen LogP) is 2.97. The Morgan fingerprint density at radius 1 is 1.17 bits per heavy atom.